The van der Waals surface area contributed by atoms with Crippen molar-refractivity contribution in [2.45, 2.75) is 122 Å². The second kappa shape index (κ2) is 12.8. The number of esters is 2. The van der Waals surface area contributed by atoms with Crippen molar-refractivity contribution >= 4 is 11.9 Å². The Kier molecular flexibility index (Phi) is 9.11. The molecule has 5 heterocycles. The molecule has 0 amide bonds. The molecule has 0 aromatic carbocycles. The van der Waals surface area contributed by atoms with E-state index in [-0.39, 0.29) is 63.9 Å². The molecule has 0 aromatic rings. The Morgan fingerprint density at radius 2 is 1.19 bits per heavy atom. The van der Waals surface area contributed by atoms with Gasteiger partial charge in [0.2, 0.25) is 0 Å². The first kappa shape index (κ1) is 37.6. The summed E-state index contributed by atoms with van der Waals surface area (Å²) in [6.45, 7) is 16.2. The van der Waals surface area contributed by atoms with Gasteiger partial charge in [-0.05, 0) is 100 Å². The number of epoxide rings is 2. The summed E-state index contributed by atoms with van der Waals surface area (Å²) in [5.41, 5.74) is 0.666. The number of carbonyl (C=O) groups excluding carboxylic acids is 2. The van der Waals surface area contributed by atoms with Crippen LogP contribution < -0.4 is 0 Å². The molecule has 10 nitrogen and oxygen atoms in total. The SMILES string of the molecule is CC1(C)OC[C@@]2(C)[C@H]3CCC4(CO4)[C@@H](/C=C/C4=CCOC4=O)[C@]3(C)CC[C@H]2O1.C[C@]1(CO)[C@H]2CCC3(CO3)[C@@H](/C=C/C3=CCOC3=O)[C@]2(C)CC[C@H]1O. The van der Waals surface area contributed by atoms with Gasteiger partial charge in [0.15, 0.2) is 5.79 Å². The standard InChI is InChI=1S/C23H32O5.C20H28O5/c1-20(2)26-13-22(4)16-7-11-23(14-27-23)17(6-5-15-9-12-25-19(15)24)21(16,3)10-8-18(22)28-20;1-18-8-6-16(22)19(2,11-21)14(18)5-9-20(12-25-20)15(18)4-3-13-7-10-24-17(13)23/h5-6,9,16-18H,7-8,10-14H2,1-4H3;3-4,7,14-16,21-22H,5-6,8-12H2,1-2H3/b6-5+;4-3+/t16-,17-,18+,21+,22-,23?;14-,15-,16+,18+,19-,20?/m00/s1. The molecule has 292 valence electrons. The predicted octanol–water partition coefficient (Wildman–Crippen LogP) is 5.76. The molecule has 53 heavy (non-hydrogen) atoms. The Bertz CT molecular complexity index is 1620. The number of cyclic esters (lactones) is 2. The lowest BCUT2D eigenvalue weighted by Crippen LogP contribution is -2.64. The molecule has 9 aliphatic rings. The number of hydrogen-bond acceptors (Lipinski definition) is 10. The maximum absolute atomic E-state index is 11.9. The number of aliphatic hydroxyl groups excluding tert-OH is 2. The first-order valence-electron chi connectivity index (χ1n) is 20.0. The quantitative estimate of drug-likeness (QED) is 0.265. The maximum Gasteiger partial charge on any atom is 0.338 e. The fourth-order valence-corrected chi connectivity index (χ4v) is 12.6. The summed E-state index contributed by atoms with van der Waals surface area (Å²) in [5, 5.41) is 20.6. The summed E-state index contributed by atoms with van der Waals surface area (Å²) in [5.74, 6) is 0.214. The minimum atomic E-state index is -0.498. The van der Waals surface area contributed by atoms with Crippen molar-refractivity contribution in [2.24, 2.45) is 45.3 Å². The van der Waals surface area contributed by atoms with Crippen molar-refractivity contribution in [3.05, 3.63) is 47.6 Å². The number of fused-ring (bicyclic) bond motifs is 4. The zero-order valence-corrected chi connectivity index (χ0v) is 32.5. The van der Waals surface area contributed by atoms with Crippen molar-refractivity contribution in [3.8, 4) is 0 Å². The van der Waals surface area contributed by atoms with Crippen LogP contribution in [0.1, 0.15) is 92.9 Å². The highest BCUT2D eigenvalue weighted by molar-refractivity contribution is 5.93. The minimum absolute atomic E-state index is 0.00378. The molecule has 5 aliphatic heterocycles. The monoisotopic (exact) mass is 736 g/mol. The predicted molar refractivity (Wildman–Crippen MR) is 195 cm³/mol. The molecule has 2 spiro atoms. The van der Waals surface area contributed by atoms with Gasteiger partial charge >= 0.3 is 11.9 Å². The lowest BCUT2D eigenvalue weighted by molar-refractivity contribution is -0.346. The summed E-state index contributed by atoms with van der Waals surface area (Å²) in [4.78, 5) is 23.6. The van der Waals surface area contributed by atoms with Gasteiger partial charge in [0.1, 0.15) is 13.2 Å². The van der Waals surface area contributed by atoms with Crippen LogP contribution in [0.15, 0.2) is 47.6 Å². The highest BCUT2D eigenvalue weighted by atomic mass is 16.7. The fourth-order valence-electron chi connectivity index (χ4n) is 12.6. The van der Waals surface area contributed by atoms with E-state index in [9.17, 15) is 19.8 Å². The summed E-state index contributed by atoms with van der Waals surface area (Å²) in [7, 11) is 0. The van der Waals surface area contributed by atoms with E-state index in [1.165, 1.54) is 0 Å². The van der Waals surface area contributed by atoms with Crippen LogP contribution in [-0.4, -0.2) is 91.0 Å². The molecule has 2 unspecified atom stereocenters. The third-order valence-electron chi connectivity index (χ3n) is 15.8. The van der Waals surface area contributed by atoms with E-state index in [2.05, 4.69) is 32.9 Å². The molecule has 0 radical (unpaired) electrons. The van der Waals surface area contributed by atoms with Crippen LogP contribution in [0.25, 0.3) is 0 Å². The van der Waals surface area contributed by atoms with Gasteiger partial charge in [-0.1, -0.05) is 52.0 Å². The van der Waals surface area contributed by atoms with Crippen molar-refractivity contribution in [3.63, 3.8) is 0 Å². The van der Waals surface area contributed by atoms with E-state index in [1.807, 2.05) is 45.1 Å². The second-order valence-electron chi connectivity index (χ2n) is 19.1. The first-order valence-corrected chi connectivity index (χ1v) is 20.0. The van der Waals surface area contributed by atoms with E-state index in [0.717, 1.165) is 64.8 Å². The molecular formula is C43H60O10. The molecule has 0 aromatic heterocycles. The van der Waals surface area contributed by atoms with Gasteiger partial charge in [-0.3, -0.25) is 0 Å². The molecule has 3 saturated heterocycles. The average Bonchev–Trinajstić information content (AvgIpc) is 3.99. The molecule has 0 bridgehead atoms. The lowest BCUT2D eigenvalue weighted by atomic mass is 9.45. The van der Waals surface area contributed by atoms with E-state index in [1.54, 1.807) is 0 Å². The third-order valence-corrected chi connectivity index (χ3v) is 15.8. The molecule has 2 N–H and O–H groups in total. The molecule has 4 saturated carbocycles. The summed E-state index contributed by atoms with van der Waals surface area (Å²) < 4.78 is 34.6. The Balaban J connectivity index is 0.000000152. The largest absolute Gasteiger partial charge is 0.458 e. The highest BCUT2D eigenvalue weighted by Gasteiger charge is 2.69. The fraction of sp³-hybridized carbons (Fsp3) is 0.767. The van der Waals surface area contributed by atoms with E-state index in [4.69, 9.17) is 28.4 Å². The Hall–Kier alpha value is -2.34. The Morgan fingerprint density at radius 1 is 0.679 bits per heavy atom. The van der Waals surface area contributed by atoms with Crippen molar-refractivity contribution in [1.82, 2.24) is 0 Å². The second-order valence-corrected chi connectivity index (χ2v) is 19.1. The van der Waals surface area contributed by atoms with Crippen LogP contribution in [0.4, 0.5) is 0 Å². The van der Waals surface area contributed by atoms with Gasteiger partial charge in [0.25, 0.3) is 0 Å². The van der Waals surface area contributed by atoms with Crippen molar-refractivity contribution in [1.29, 1.82) is 0 Å². The van der Waals surface area contributed by atoms with Gasteiger partial charge in [0.05, 0.1) is 61.0 Å². The van der Waals surface area contributed by atoms with Crippen molar-refractivity contribution in [2.75, 3.05) is 39.6 Å². The van der Waals surface area contributed by atoms with Crippen LogP contribution in [0.3, 0.4) is 0 Å². The lowest BCUT2D eigenvalue weighted by Gasteiger charge is -2.63. The normalized spacial score (nSPS) is 49.4. The molecule has 7 fully saturated rings. The van der Waals surface area contributed by atoms with Crippen LogP contribution in [0, 0.1) is 45.3 Å². The van der Waals surface area contributed by atoms with Gasteiger partial charge in [-0.15, -0.1) is 0 Å². The Labute approximate surface area is 314 Å². The van der Waals surface area contributed by atoms with Crippen LogP contribution >= 0.6 is 0 Å². The minimum Gasteiger partial charge on any atom is -0.458 e. The van der Waals surface area contributed by atoms with Crippen LogP contribution in [0.2, 0.25) is 0 Å². The number of carbonyl (C=O) groups is 2. The van der Waals surface area contributed by atoms with Gasteiger partial charge in [0, 0.05) is 22.7 Å². The summed E-state index contributed by atoms with van der Waals surface area (Å²) >= 11 is 0. The first-order chi connectivity index (χ1) is 25.0. The average molecular weight is 737 g/mol. The number of ether oxygens (including phenoxy) is 6. The van der Waals surface area contributed by atoms with E-state index in [0.29, 0.717) is 42.6 Å². The zero-order valence-electron chi connectivity index (χ0n) is 32.5. The van der Waals surface area contributed by atoms with Crippen LogP contribution in [0.5, 0.6) is 0 Å². The zero-order chi connectivity index (χ0) is 37.7. The van der Waals surface area contributed by atoms with Gasteiger partial charge in [-0.25, -0.2) is 9.59 Å². The van der Waals surface area contributed by atoms with E-state index >= 15 is 0 Å². The maximum atomic E-state index is 11.9. The smallest absolute Gasteiger partial charge is 0.338 e. The number of aliphatic hydroxyl groups is 2. The van der Waals surface area contributed by atoms with Gasteiger partial charge < -0.3 is 38.6 Å². The summed E-state index contributed by atoms with van der Waals surface area (Å²) in [6.07, 6.45) is 19.5. The van der Waals surface area contributed by atoms with E-state index < -0.39 is 17.3 Å². The molecular weight excluding hydrogens is 676 g/mol. The summed E-state index contributed by atoms with van der Waals surface area (Å²) in [6, 6.07) is 0. The van der Waals surface area contributed by atoms with Gasteiger partial charge in [-0.2, -0.15) is 0 Å². The molecule has 9 rings (SSSR count). The number of rotatable bonds is 5. The number of hydrogen-bond donors (Lipinski definition) is 2. The van der Waals surface area contributed by atoms with Crippen molar-refractivity contribution < 1.29 is 48.2 Å². The molecule has 4 aliphatic carbocycles. The molecule has 10 heteroatoms. The highest BCUT2D eigenvalue weighted by Crippen LogP contribution is 2.68. The topological polar surface area (TPSA) is 137 Å². The van der Waals surface area contributed by atoms with Crippen LogP contribution in [-0.2, 0) is 38.0 Å². The third kappa shape index (κ3) is 6.04. The Morgan fingerprint density at radius 3 is 1.68 bits per heavy atom. The molecule has 12 atom stereocenters.